The van der Waals surface area contributed by atoms with Gasteiger partial charge in [0.2, 0.25) is 0 Å². The molecule has 0 unspecified atom stereocenters. The molecule has 0 aromatic heterocycles. The molecule has 1 saturated carbocycles. The number of aliphatic hydroxyl groups excluding tert-OH is 1. The molecule has 1 aromatic rings. The molecule has 1 aliphatic heterocycles. The SMILES string of the molecule is Cc1ccc(S(=O)(=O)NC(=O)NN2C[C@H]3CC[C@@H](O)[C@H]3C2)cc1. The maximum Gasteiger partial charge on any atom is 0.343 e. The van der Waals surface area contributed by atoms with E-state index in [1.54, 1.807) is 17.1 Å². The van der Waals surface area contributed by atoms with Crippen LogP contribution in [0.5, 0.6) is 0 Å². The van der Waals surface area contributed by atoms with Gasteiger partial charge in [0, 0.05) is 19.0 Å². The molecule has 1 aliphatic carbocycles. The van der Waals surface area contributed by atoms with Crippen LogP contribution in [0.15, 0.2) is 29.2 Å². The number of amides is 2. The summed E-state index contributed by atoms with van der Waals surface area (Å²) in [4.78, 5) is 12.0. The molecule has 1 heterocycles. The van der Waals surface area contributed by atoms with E-state index in [-0.39, 0.29) is 16.9 Å². The summed E-state index contributed by atoms with van der Waals surface area (Å²) in [6.45, 7) is 3.04. The first-order chi connectivity index (χ1) is 10.8. The number of nitrogens with one attached hydrogen (secondary N) is 2. The third kappa shape index (κ3) is 3.49. The largest absolute Gasteiger partial charge is 0.393 e. The summed E-state index contributed by atoms with van der Waals surface area (Å²) < 4.78 is 26.3. The molecule has 7 nitrogen and oxygen atoms in total. The number of aryl methyl sites for hydroxylation is 1. The van der Waals surface area contributed by atoms with E-state index in [2.05, 4.69) is 5.43 Å². The van der Waals surface area contributed by atoms with E-state index in [9.17, 15) is 18.3 Å². The van der Waals surface area contributed by atoms with Gasteiger partial charge in [0.1, 0.15) is 0 Å². The van der Waals surface area contributed by atoms with E-state index in [0.717, 1.165) is 18.4 Å². The molecular weight excluding hydrogens is 318 g/mol. The van der Waals surface area contributed by atoms with Gasteiger partial charge < -0.3 is 5.11 Å². The lowest BCUT2D eigenvalue weighted by molar-refractivity contribution is 0.118. The Labute approximate surface area is 135 Å². The van der Waals surface area contributed by atoms with Crippen molar-refractivity contribution in [1.82, 2.24) is 15.2 Å². The first kappa shape index (κ1) is 16.2. The van der Waals surface area contributed by atoms with Gasteiger partial charge in [0.15, 0.2) is 0 Å². The Morgan fingerprint density at radius 1 is 1.22 bits per heavy atom. The molecule has 3 rings (SSSR count). The second kappa shape index (κ2) is 6.10. The Hall–Kier alpha value is -1.64. The monoisotopic (exact) mass is 339 g/mol. The van der Waals surface area contributed by atoms with Gasteiger partial charge in [0.25, 0.3) is 10.0 Å². The van der Waals surface area contributed by atoms with Crippen LogP contribution in [0.25, 0.3) is 0 Å². The van der Waals surface area contributed by atoms with Crippen molar-refractivity contribution in [3.8, 4) is 0 Å². The Kier molecular flexibility index (Phi) is 4.31. The number of nitrogens with zero attached hydrogens (tertiary/aromatic N) is 1. The second-order valence-corrected chi connectivity index (χ2v) is 8.02. The van der Waals surface area contributed by atoms with Crippen LogP contribution < -0.4 is 10.1 Å². The van der Waals surface area contributed by atoms with Crippen LogP contribution in [0.2, 0.25) is 0 Å². The van der Waals surface area contributed by atoms with Crippen molar-refractivity contribution >= 4 is 16.1 Å². The molecule has 0 bridgehead atoms. The van der Waals surface area contributed by atoms with Crippen molar-refractivity contribution < 1.29 is 18.3 Å². The minimum atomic E-state index is -3.89. The van der Waals surface area contributed by atoms with E-state index in [4.69, 9.17) is 0 Å². The maximum absolute atomic E-state index is 12.1. The van der Waals surface area contributed by atoms with Gasteiger partial charge in [-0.15, -0.1) is 0 Å². The molecule has 3 N–H and O–H groups in total. The molecule has 23 heavy (non-hydrogen) atoms. The fourth-order valence-corrected chi connectivity index (χ4v) is 4.29. The van der Waals surface area contributed by atoms with Crippen LogP contribution in [-0.2, 0) is 10.0 Å². The number of benzene rings is 1. The highest BCUT2D eigenvalue weighted by Gasteiger charge is 2.42. The molecule has 8 heteroatoms. The molecule has 3 atom stereocenters. The third-order valence-corrected chi connectivity index (χ3v) is 5.98. The Bertz CT molecular complexity index is 689. The number of rotatable bonds is 3. The quantitative estimate of drug-likeness (QED) is 0.749. The summed E-state index contributed by atoms with van der Waals surface area (Å²) in [6, 6.07) is 5.49. The number of hydrogen-bond acceptors (Lipinski definition) is 5. The summed E-state index contributed by atoms with van der Waals surface area (Å²) >= 11 is 0. The van der Waals surface area contributed by atoms with Crippen LogP contribution in [0.1, 0.15) is 18.4 Å². The summed E-state index contributed by atoms with van der Waals surface area (Å²) in [5.41, 5.74) is 3.50. The molecule has 2 amide bonds. The Balaban J connectivity index is 1.58. The zero-order valence-electron chi connectivity index (χ0n) is 12.9. The minimum Gasteiger partial charge on any atom is -0.393 e. The van der Waals surface area contributed by atoms with Crippen molar-refractivity contribution in [2.45, 2.75) is 30.8 Å². The molecule has 1 saturated heterocycles. The van der Waals surface area contributed by atoms with Crippen LogP contribution in [0, 0.1) is 18.8 Å². The minimum absolute atomic E-state index is 0.0481. The lowest BCUT2D eigenvalue weighted by atomic mass is 10.00. The number of fused-ring (bicyclic) bond motifs is 1. The molecule has 0 radical (unpaired) electrons. The predicted molar refractivity (Wildman–Crippen MR) is 83.8 cm³/mol. The zero-order chi connectivity index (χ0) is 16.6. The predicted octanol–water partition coefficient (Wildman–Crippen LogP) is 0.601. The van der Waals surface area contributed by atoms with Crippen molar-refractivity contribution in [2.24, 2.45) is 11.8 Å². The fourth-order valence-electron chi connectivity index (χ4n) is 3.39. The molecule has 0 spiro atoms. The summed E-state index contributed by atoms with van der Waals surface area (Å²) in [5.74, 6) is 0.517. The van der Waals surface area contributed by atoms with Crippen LogP contribution in [0.3, 0.4) is 0 Å². The Morgan fingerprint density at radius 2 is 1.91 bits per heavy atom. The highest BCUT2D eigenvalue weighted by atomic mass is 32.2. The van der Waals surface area contributed by atoms with Crippen molar-refractivity contribution in [1.29, 1.82) is 0 Å². The van der Waals surface area contributed by atoms with Crippen LogP contribution in [-0.4, -0.2) is 43.8 Å². The van der Waals surface area contributed by atoms with Crippen LogP contribution >= 0.6 is 0 Å². The van der Waals surface area contributed by atoms with E-state index < -0.39 is 16.1 Å². The van der Waals surface area contributed by atoms with Gasteiger partial charge in [-0.3, -0.25) is 5.43 Å². The number of hydrazine groups is 1. The molecule has 126 valence electrons. The number of aliphatic hydroxyl groups is 1. The van der Waals surface area contributed by atoms with E-state index in [1.807, 2.05) is 11.6 Å². The number of urea groups is 1. The summed E-state index contributed by atoms with van der Waals surface area (Å²) in [6.07, 6.45) is 1.41. The first-order valence-electron chi connectivity index (χ1n) is 7.68. The topological polar surface area (TPSA) is 98.7 Å². The summed E-state index contributed by atoms with van der Waals surface area (Å²) in [7, 11) is -3.89. The van der Waals surface area contributed by atoms with E-state index in [0.29, 0.717) is 19.0 Å². The van der Waals surface area contributed by atoms with Gasteiger partial charge in [-0.2, -0.15) is 0 Å². The first-order valence-corrected chi connectivity index (χ1v) is 9.16. The highest BCUT2D eigenvalue weighted by Crippen LogP contribution is 2.37. The van der Waals surface area contributed by atoms with Gasteiger partial charge in [-0.25, -0.2) is 22.9 Å². The standard InChI is InChI=1S/C15H21N3O4S/c1-10-2-5-12(6-3-10)23(21,22)17-15(20)16-18-8-11-4-7-14(19)13(11)9-18/h2-3,5-6,11,13-14,19H,4,7-9H2,1H3,(H2,16,17,20)/t11-,13+,14-/m1/s1. The molecule has 2 fully saturated rings. The summed E-state index contributed by atoms with van der Waals surface area (Å²) in [5, 5.41) is 11.5. The number of sulfonamides is 1. The maximum atomic E-state index is 12.1. The van der Waals surface area contributed by atoms with Crippen LogP contribution in [0.4, 0.5) is 4.79 Å². The van der Waals surface area contributed by atoms with Gasteiger partial charge >= 0.3 is 6.03 Å². The van der Waals surface area contributed by atoms with Crippen molar-refractivity contribution in [3.63, 3.8) is 0 Å². The highest BCUT2D eigenvalue weighted by molar-refractivity contribution is 7.90. The Morgan fingerprint density at radius 3 is 2.57 bits per heavy atom. The normalized spacial score (nSPS) is 27.7. The average molecular weight is 339 g/mol. The lowest BCUT2D eigenvalue weighted by Crippen LogP contribution is -2.48. The molecular formula is C15H21N3O4S. The van der Waals surface area contributed by atoms with Gasteiger partial charge in [-0.05, 0) is 37.8 Å². The zero-order valence-corrected chi connectivity index (χ0v) is 13.7. The average Bonchev–Trinajstić information content (AvgIpc) is 3.01. The molecule has 2 aliphatic rings. The second-order valence-electron chi connectivity index (χ2n) is 6.33. The number of hydrogen-bond donors (Lipinski definition) is 3. The van der Waals surface area contributed by atoms with Gasteiger partial charge in [-0.1, -0.05) is 17.7 Å². The van der Waals surface area contributed by atoms with Gasteiger partial charge in [0.05, 0.1) is 11.0 Å². The third-order valence-electron chi connectivity index (χ3n) is 4.64. The van der Waals surface area contributed by atoms with E-state index in [1.165, 1.54) is 12.1 Å². The lowest BCUT2D eigenvalue weighted by Gasteiger charge is -2.19. The number of carbonyl (C=O) groups is 1. The molecule has 1 aromatic carbocycles. The van der Waals surface area contributed by atoms with E-state index >= 15 is 0 Å². The fraction of sp³-hybridized carbons (Fsp3) is 0.533. The van der Waals surface area contributed by atoms with Crippen molar-refractivity contribution in [2.75, 3.05) is 13.1 Å². The van der Waals surface area contributed by atoms with Crippen molar-refractivity contribution in [3.05, 3.63) is 29.8 Å². The number of carbonyl (C=O) groups excluding carboxylic acids is 1. The smallest absolute Gasteiger partial charge is 0.343 e.